The quantitative estimate of drug-likeness (QED) is 0.334. The van der Waals surface area contributed by atoms with E-state index in [2.05, 4.69) is 5.10 Å². The van der Waals surface area contributed by atoms with Crippen LogP contribution in [-0.4, -0.2) is 15.7 Å². The Bertz CT molecular complexity index is 261. The molecule has 5 N–H and O–H groups in total. The second-order valence-electron chi connectivity index (χ2n) is 2.01. The van der Waals surface area contributed by atoms with Gasteiger partial charge in [-0.05, 0) is 6.92 Å². The van der Waals surface area contributed by atoms with Crippen molar-refractivity contribution >= 4 is 11.8 Å². The van der Waals surface area contributed by atoms with Crippen LogP contribution in [0.5, 0.6) is 0 Å². The lowest BCUT2D eigenvalue weighted by molar-refractivity contribution is 0.901. The molecule has 0 aliphatic heterocycles. The van der Waals surface area contributed by atoms with Gasteiger partial charge in [-0.3, -0.25) is 5.41 Å². The fourth-order valence-corrected chi connectivity index (χ4v) is 0.712. The molecule has 1 aromatic rings. The molecule has 0 radical (unpaired) electrons. The standard InChI is InChI=1S/C5H9N5/c1-3-2-4(6)10(9-3)5(7)8/h2H,6H2,1H3,(H3,7,8). The minimum Gasteiger partial charge on any atom is -0.383 e. The van der Waals surface area contributed by atoms with Crippen LogP contribution in [0.25, 0.3) is 0 Å². The molecule has 54 valence electrons. The van der Waals surface area contributed by atoms with Crippen molar-refractivity contribution in [2.24, 2.45) is 5.73 Å². The average Bonchev–Trinajstić information content (AvgIpc) is 2.10. The van der Waals surface area contributed by atoms with Crippen molar-refractivity contribution < 1.29 is 0 Å². The van der Waals surface area contributed by atoms with Crippen LogP contribution < -0.4 is 11.5 Å². The first-order valence-electron chi connectivity index (χ1n) is 2.78. The van der Waals surface area contributed by atoms with Gasteiger partial charge in [-0.25, -0.2) is 0 Å². The molecule has 0 fully saturated rings. The molecule has 10 heavy (non-hydrogen) atoms. The Kier molecular flexibility index (Phi) is 1.33. The van der Waals surface area contributed by atoms with E-state index < -0.39 is 0 Å². The first-order valence-corrected chi connectivity index (χ1v) is 2.78. The highest BCUT2D eigenvalue weighted by Crippen LogP contribution is 2.02. The molecule has 1 aromatic heterocycles. The fourth-order valence-electron chi connectivity index (χ4n) is 0.712. The lowest BCUT2D eigenvalue weighted by Gasteiger charge is -1.96. The first kappa shape index (κ1) is 6.60. The van der Waals surface area contributed by atoms with E-state index in [0.29, 0.717) is 5.82 Å². The number of aryl methyl sites for hydroxylation is 1. The minimum absolute atomic E-state index is 0.161. The first-order chi connectivity index (χ1) is 4.61. The maximum atomic E-state index is 6.99. The normalized spacial score (nSPS) is 9.70. The van der Waals surface area contributed by atoms with Gasteiger partial charge >= 0.3 is 0 Å². The maximum absolute atomic E-state index is 6.99. The molecular formula is C5H9N5. The van der Waals surface area contributed by atoms with Gasteiger partial charge < -0.3 is 11.5 Å². The number of aromatic nitrogens is 2. The van der Waals surface area contributed by atoms with Crippen LogP contribution >= 0.6 is 0 Å². The average molecular weight is 139 g/mol. The summed E-state index contributed by atoms with van der Waals surface area (Å²) in [7, 11) is 0. The Morgan fingerprint density at radius 3 is 2.60 bits per heavy atom. The van der Waals surface area contributed by atoms with E-state index in [9.17, 15) is 0 Å². The van der Waals surface area contributed by atoms with Gasteiger partial charge in [-0.15, -0.1) is 0 Å². The Balaban J connectivity index is 3.15. The van der Waals surface area contributed by atoms with E-state index in [1.54, 1.807) is 13.0 Å². The molecule has 0 aromatic carbocycles. The Morgan fingerprint density at radius 1 is 1.80 bits per heavy atom. The zero-order chi connectivity index (χ0) is 7.72. The third kappa shape index (κ3) is 0.928. The molecule has 0 unspecified atom stereocenters. The number of hydrogen-bond donors (Lipinski definition) is 3. The van der Waals surface area contributed by atoms with Crippen molar-refractivity contribution in [3.8, 4) is 0 Å². The lowest BCUT2D eigenvalue weighted by atomic mass is 10.5. The zero-order valence-electron chi connectivity index (χ0n) is 5.63. The van der Waals surface area contributed by atoms with E-state index in [0.717, 1.165) is 5.69 Å². The number of hydrogen-bond acceptors (Lipinski definition) is 3. The summed E-state index contributed by atoms with van der Waals surface area (Å²) < 4.78 is 1.18. The van der Waals surface area contributed by atoms with Gasteiger partial charge in [0.15, 0.2) is 0 Å². The van der Waals surface area contributed by atoms with Gasteiger partial charge in [0, 0.05) is 6.07 Å². The monoisotopic (exact) mass is 139 g/mol. The fraction of sp³-hybridized carbons (Fsp3) is 0.200. The number of nitrogens with two attached hydrogens (primary N) is 2. The summed E-state index contributed by atoms with van der Waals surface area (Å²) in [6.45, 7) is 1.79. The zero-order valence-corrected chi connectivity index (χ0v) is 5.63. The Morgan fingerprint density at radius 2 is 2.40 bits per heavy atom. The molecule has 0 spiro atoms. The molecule has 0 saturated heterocycles. The Labute approximate surface area is 58.1 Å². The van der Waals surface area contributed by atoms with Gasteiger partial charge in [-0.2, -0.15) is 9.78 Å². The molecule has 0 atom stereocenters. The summed E-state index contributed by atoms with van der Waals surface area (Å²) in [6.07, 6.45) is 0. The molecule has 0 amide bonds. The molecule has 0 bridgehead atoms. The number of anilines is 1. The smallest absolute Gasteiger partial charge is 0.215 e. The highest BCUT2D eigenvalue weighted by molar-refractivity contribution is 5.79. The van der Waals surface area contributed by atoms with Crippen molar-refractivity contribution in [2.75, 3.05) is 5.73 Å². The predicted octanol–water partition coefficient (Wildman–Crippen LogP) is -0.485. The van der Waals surface area contributed by atoms with E-state index >= 15 is 0 Å². The second kappa shape index (κ2) is 2.02. The highest BCUT2D eigenvalue weighted by atomic mass is 15.4. The van der Waals surface area contributed by atoms with Gasteiger partial charge in [-0.1, -0.05) is 0 Å². The molecule has 1 rings (SSSR count). The summed E-state index contributed by atoms with van der Waals surface area (Å²) in [5.74, 6) is 0.232. The van der Waals surface area contributed by atoms with Crippen LogP contribution in [0.2, 0.25) is 0 Å². The predicted molar refractivity (Wildman–Crippen MR) is 38.7 cm³/mol. The van der Waals surface area contributed by atoms with Crippen LogP contribution in [0.1, 0.15) is 5.69 Å². The SMILES string of the molecule is Cc1cc(N)n(C(=N)N)n1. The van der Waals surface area contributed by atoms with E-state index in [4.69, 9.17) is 16.9 Å². The summed E-state index contributed by atoms with van der Waals surface area (Å²) in [6, 6.07) is 1.65. The van der Waals surface area contributed by atoms with Crippen molar-refractivity contribution in [3.63, 3.8) is 0 Å². The lowest BCUT2D eigenvalue weighted by Crippen LogP contribution is -2.23. The van der Waals surface area contributed by atoms with Crippen LogP contribution in [-0.2, 0) is 0 Å². The summed E-state index contributed by atoms with van der Waals surface area (Å²) in [5.41, 5.74) is 11.3. The van der Waals surface area contributed by atoms with E-state index in [-0.39, 0.29) is 5.96 Å². The van der Waals surface area contributed by atoms with Crippen LogP contribution in [0, 0.1) is 12.3 Å². The van der Waals surface area contributed by atoms with Gasteiger partial charge in [0.25, 0.3) is 0 Å². The molecular weight excluding hydrogens is 130 g/mol. The van der Waals surface area contributed by atoms with Crippen molar-refractivity contribution in [1.82, 2.24) is 9.78 Å². The minimum atomic E-state index is -0.161. The highest BCUT2D eigenvalue weighted by Gasteiger charge is 2.01. The van der Waals surface area contributed by atoms with E-state index in [1.165, 1.54) is 4.68 Å². The molecule has 5 nitrogen and oxygen atoms in total. The van der Waals surface area contributed by atoms with E-state index in [1.807, 2.05) is 0 Å². The summed E-state index contributed by atoms with van der Waals surface area (Å²) in [5, 5.41) is 10.8. The van der Waals surface area contributed by atoms with Gasteiger partial charge in [0.2, 0.25) is 5.96 Å². The third-order valence-corrected chi connectivity index (χ3v) is 1.09. The largest absolute Gasteiger partial charge is 0.383 e. The maximum Gasteiger partial charge on any atom is 0.215 e. The summed E-state index contributed by atoms with van der Waals surface area (Å²) >= 11 is 0. The number of nitrogen functional groups attached to an aromatic ring is 2. The number of nitrogens with one attached hydrogen (secondary N) is 1. The second-order valence-corrected chi connectivity index (χ2v) is 2.01. The molecule has 0 saturated carbocycles. The Hall–Kier alpha value is -1.52. The third-order valence-electron chi connectivity index (χ3n) is 1.09. The van der Waals surface area contributed by atoms with Crippen LogP contribution in [0.4, 0.5) is 5.82 Å². The summed E-state index contributed by atoms with van der Waals surface area (Å²) in [4.78, 5) is 0. The van der Waals surface area contributed by atoms with Crippen LogP contribution in [0.3, 0.4) is 0 Å². The van der Waals surface area contributed by atoms with Crippen LogP contribution in [0.15, 0.2) is 6.07 Å². The van der Waals surface area contributed by atoms with Crippen molar-refractivity contribution in [2.45, 2.75) is 6.92 Å². The number of rotatable bonds is 0. The molecule has 0 aliphatic rings. The molecule has 1 heterocycles. The number of nitrogens with zero attached hydrogens (tertiary/aromatic N) is 2. The van der Waals surface area contributed by atoms with Gasteiger partial charge in [0.05, 0.1) is 5.69 Å². The van der Waals surface area contributed by atoms with Crippen molar-refractivity contribution in [3.05, 3.63) is 11.8 Å². The molecule has 5 heteroatoms. The molecule has 0 aliphatic carbocycles. The van der Waals surface area contributed by atoms with Gasteiger partial charge in [0.1, 0.15) is 5.82 Å². The van der Waals surface area contributed by atoms with Crippen molar-refractivity contribution in [1.29, 1.82) is 5.41 Å². The topological polar surface area (TPSA) is 93.7 Å².